The van der Waals surface area contributed by atoms with Crippen LogP contribution in [-0.2, 0) is 0 Å². The minimum atomic E-state index is -0.420. The zero-order valence-electron chi connectivity index (χ0n) is 5.46. The van der Waals surface area contributed by atoms with E-state index in [-0.39, 0.29) is 6.04 Å². The van der Waals surface area contributed by atoms with Gasteiger partial charge in [-0.05, 0) is 6.92 Å². The molecule has 1 unspecified atom stereocenters. The first-order valence-corrected chi connectivity index (χ1v) is 2.73. The summed E-state index contributed by atoms with van der Waals surface area (Å²) in [5.41, 5.74) is 0. The molecule has 0 saturated carbocycles. The number of nitrogens with zero attached hydrogens (tertiary/aromatic N) is 1. The predicted octanol–water partition coefficient (Wildman–Crippen LogP) is -0.777. The van der Waals surface area contributed by atoms with Crippen molar-refractivity contribution in [3.05, 3.63) is 0 Å². The average Bonchev–Trinajstić information content (AvgIpc) is 1.62. The van der Waals surface area contributed by atoms with Crippen molar-refractivity contribution in [2.45, 2.75) is 26.3 Å². The Morgan fingerprint density at radius 3 is 1.75 bits per heavy atom. The minimum Gasteiger partial charge on any atom is -0.141 e. The first-order valence-electron chi connectivity index (χ1n) is 2.73. The van der Waals surface area contributed by atoms with Gasteiger partial charge in [0.25, 0.3) is 0 Å². The molecule has 0 aromatic rings. The van der Waals surface area contributed by atoms with Gasteiger partial charge in [-0.3, -0.25) is 0 Å². The second kappa shape index (κ2) is 2.41. The third kappa shape index (κ3) is 2.23. The Hall–Kier alpha value is -0.160. The molecule has 0 aliphatic heterocycles. The molecule has 0 aliphatic carbocycles. The molecule has 0 rings (SSSR count). The molecule has 6 N–H and O–H groups in total. The van der Waals surface area contributed by atoms with E-state index in [0.29, 0.717) is 0 Å². The maximum absolute atomic E-state index is 5.28. The summed E-state index contributed by atoms with van der Waals surface area (Å²) in [6.07, 6.45) is 0.892. The van der Waals surface area contributed by atoms with Crippen molar-refractivity contribution in [3.8, 4) is 0 Å². The van der Waals surface area contributed by atoms with Crippen molar-refractivity contribution in [1.82, 2.24) is 0 Å². The molecule has 4 nitrogen and oxygen atoms in total. The monoisotopic (exact) mass is 119 g/mol. The van der Waals surface area contributed by atoms with E-state index in [2.05, 4.69) is 0 Å². The SMILES string of the molecule is CCC(C)[N+](N)(N)N. The van der Waals surface area contributed by atoms with Crippen molar-refractivity contribution in [2.75, 3.05) is 0 Å². The second-order valence-corrected chi connectivity index (χ2v) is 2.15. The maximum Gasteiger partial charge on any atom is 0.141 e. The molecule has 0 radical (unpaired) electrons. The molecule has 4 heteroatoms. The van der Waals surface area contributed by atoms with Crippen LogP contribution in [-0.4, -0.2) is 10.9 Å². The molecule has 0 aromatic heterocycles. The van der Waals surface area contributed by atoms with Crippen LogP contribution < -0.4 is 17.5 Å². The third-order valence-electron chi connectivity index (χ3n) is 1.35. The zero-order valence-corrected chi connectivity index (χ0v) is 5.46. The molecule has 0 fully saturated rings. The normalized spacial score (nSPS) is 16.1. The van der Waals surface area contributed by atoms with Crippen molar-refractivity contribution in [1.29, 1.82) is 0 Å². The number of nitrogens with two attached hydrogens (primary N) is 3. The van der Waals surface area contributed by atoms with E-state index in [9.17, 15) is 0 Å². The predicted molar refractivity (Wildman–Crippen MR) is 32.6 cm³/mol. The summed E-state index contributed by atoms with van der Waals surface area (Å²) in [5, 5.41) is 0. The lowest BCUT2D eigenvalue weighted by molar-refractivity contribution is -0.984. The van der Waals surface area contributed by atoms with Gasteiger partial charge in [0.2, 0.25) is 0 Å². The van der Waals surface area contributed by atoms with Gasteiger partial charge < -0.3 is 0 Å². The van der Waals surface area contributed by atoms with Gasteiger partial charge in [-0.15, -0.1) is 22.3 Å². The number of hydrogen-bond donors (Lipinski definition) is 3. The molecule has 8 heavy (non-hydrogen) atoms. The Labute approximate surface area is 49.7 Å². The summed E-state index contributed by atoms with van der Waals surface area (Å²) >= 11 is 0. The molecule has 50 valence electrons. The van der Waals surface area contributed by atoms with Gasteiger partial charge in [0, 0.05) is 6.42 Å². The highest BCUT2D eigenvalue weighted by Gasteiger charge is 2.18. The summed E-state index contributed by atoms with van der Waals surface area (Å²) < 4.78 is 0. The quantitative estimate of drug-likeness (QED) is 0.253. The number of hydrogen-bond acceptors (Lipinski definition) is 3. The molecule has 1 atom stereocenters. The Bertz CT molecular complexity index is 64.9. The highest BCUT2D eigenvalue weighted by Crippen LogP contribution is 1.95. The Kier molecular flexibility index (Phi) is 2.36. The van der Waals surface area contributed by atoms with Crippen LogP contribution >= 0.6 is 0 Å². The van der Waals surface area contributed by atoms with Crippen LogP contribution in [0, 0.1) is 0 Å². The highest BCUT2D eigenvalue weighted by molar-refractivity contribution is 4.38. The van der Waals surface area contributed by atoms with Crippen LogP contribution in [0.5, 0.6) is 0 Å². The lowest BCUT2D eigenvalue weighted by Gasteiger charge is -2.25. The number of quaternary nitrogens is 1. The molecule has 0 bridgehead atoms. The fourth-order valence-electron chi connectivity index (χ4n) is 0.316. The molecule has 0 amide bonds. The van der Waals surface area contributed by atoms with Crippen LogP contribution in [0.1, 0.15) is 20.3 Å². The van der Waals surface area contributed by atoms with Gasteiger partial charge >= 0.3 is 0 Å². The lowest BCUT2D eigenvalue weighted by atomic mass is 10.3. The molecular weight excluding hydrogens is 104 g/mol. The highest BCUT2D eigenvalue weighted by atomic mass is 15.9. The largest absolute Gasteiger partial charge is 0.141 e. The second-order valence-electron chi connectivity index (χ2n) is 2.15. The van der Waals surface area contributed by atoms with Crippen LogP contribution in [0.15, 0.2) is 0 Å². The summed E-state index contributed by atoms with van der Waals surface area (Å²) in [7, 11) is 0. The van der Waals surface area contributed by atoms with Crippen LogP contribution in [0.3, 0.4) is 0 Å². The van der Waals surface area contributed by atoms with Crippen molar-refractivity contribution < 1.29 is 4.81 Å². The average molecular weight is 119 g/mol. The topological polar surface area (TPSA) is 78.1 Å². The summed E-state index contributed by atoms with van der Waals surface area (Å²) in [5.74, 6) is 15.8. The fraction of sp³-hybridized carbons (Fsp3) is 1.00. The standard InChI is InChI=1S/C4H15N4/c1-3-4(2)8(5,6)7/h4H,3,5-7H2,1-2H3/q+1. The number of rotatable bonds is 2. The summed E-state index contributed by atoms with van der Waals surface area (Å²) in [6.45, 7) is 3.89. The van der Waals surface area contributed by atoms with E-state index in [4.69, 9.17) is 17.5 Å². The molecule has 0 heterocycles. The Morgan fingerprint density at radius 2 is 1.75 bits per heavy atom. The Balaban J connectivity index is 3.62. The van der Waals surface area contributed by atoms with E-state index in [1.54, 1.807) is 0 Å². The first kappa shape index (κ1) is 7.84. The summed E-state index contributed by atoms with van der Waals surface area (Å²) in [6, 6.07) is 0.120. The van der Waals surface area contributed by atoms with Crippen LogP contribution in [0.4, 0.5) is 0 Å². The first-order chi connectivity index (χ1) is 3.48. The van der Waals surface area contributed by atoms with Crippen molar-refractivity contribution >= 4 is 0 Å². The van der Waals surface area contributed by atoms with Gasteiger partial charge in [0.05, 0.1) is 0 Å². The molecule has 0 aromatic carbocycles. The van der Waals surface area contributed by atoms with Crippen molar-refractivity contribution in [3.63, 3.8) is 0 Å². The van der Waals surface area contributed by atoms with Gasteiger partial charge in [0.15, 0.2) is 0 Å². The van der Waals surface area contributed by atoms with Crippen molar-refractivity contribution in [2.24, 2.45) is 17.5 Å². The summed E-state index contributed by atoms with van der Waals surface area (Å²) in [4.78, 5) is -0.420. The van der Waals surface area contributed by atoms with E-state index >= 15 is 0 Å². The fourth-order valence-corrected chi connectivity index (χ4v) is 0.316. The molecule has 0 spiro atoms. The van der Waals surface area contributed by atoms with Gasteiger partial charge in [-0.2, -0.15) is 0 Å². The van der Waals surface area contributed by atoms with E-state index in [0.717, 1.165) is 6.42 Å². The van der Waals surface area contributed by atoms with Gasteiger partial charge in [-0.25, -0.2) is 0 Å². The molecule has 0 aliphatic rings. The van der Waals surface area contributed by atoms with E-state index in [1.165, 1.54) is 0 Å². The molecule has 0 saturated heterocycles. The minimum absolute atomic E-state index is 0.120. The van der Waals surface area contributed by atoms with Gasteiger partial charge in [0.1, 0.15) is 6.04 Å². The van der Waals surface area contributed by atoms with Crippen LogP contribution in [0.25, 0.3) is 0 Å². The van der Waals surface area contributed by atoms with E-state index in [1.807, 2.05) is 13.8 Å². The van der Waals surface area contributed by atoms with Gasteiger partial charge in [-0.1, -0.05) is 6.92 Å². The maximum atomic E-state index is 5.28. The zero-order chi connectivity index (χ0) is 6.78. The smallest absolute Gasteiger partial charge is 0.141 e. The van der Waals surface area contributed by atoms with Crippen LogP contribution in [0.2, 0.25) is 0 Å². The third-order valence-corrected chi connectivity index (χ3v) is 1.35. The molecular formula is C4H15N4+. The Morgan fingerprint density at radius 1 is 1.38 bits per heavy atom. The van der Waals surface area contributed by atoms with E-state index < -0.39 is 4.81 Å². The lowest BCUT2D eigenvalue weighted by Crippen LogP contribution is -2.70.